The van der Waals surface area contributed by atoms with Gasteiger partial charge in [0.25, 0.3) is 11.8 Å². The van der Waals surface area contributed by atoms with E-state index in [-0.39, 0.29) is 17.1 Å². The number of anilines is 1. The first kappa shape index (κ1) is 17.2. The summed E-state index contributed by atoms with van der Waals surface area (Å²) in [4.78, 5) is 35.0. The zero-order chi connectivity index (χ0) is 17.7. The average Bonchev–Trinajstić information content (AvgIpc) is 2.55. The van der Waals surface area contributed by atoms with Gasteiger partial charge in [0, 0.05) is 11.3 Å². The Kier molecular flexibility index (Phi) is 5.31. The molecule has 2 amide bonds. The van der Waals surface area contributed by atoms with E-state index < -0.39 is 17.9 Å². The maximum atomic E-state index is 12.2. The van der Waals surface area contributed by atoms with Crippen LogP contribution in [-0.2, 0) is 4.79 Å². The molecular formula is C18H18N2O4. The van der Waals surface area contributed by atoms with Crippen molar-refractivity contribution in [3.05, 3.63) is 59.7 Å². The number of nitrogens with one attached hydrogen (secondary N) is 1. The van der Waals surface area contributed by atoms with E-state index in [0.717, 1.165) is 0 Å². The Bertz CT molecular complexity index is 786. The second-order valence-corrected chi connectivity index (χ2v) is 5.25. The standard InChI is InChI=1S/C18H18N2O4/c1-11(21)13-6-5-7-14(10-13)20-18(23)12(2)24-16-9-4-3-8-15(16)17(19)22/h3-10,12H,1-2H3,(H2,19,22)(H,20,23)/t12-/m0/s1. The number of amides is 2. The summed E-state index contributed by atoms with van der Waals surface area (Å²) in [5, 5.41) is 2.67. The summed E-state index contributed by atoms with van der Waals surface area (Å²) in [6.45, 7) is 3.01. The van der Waals surface area contributed by atoms with Gasteiger partial charge in [-0.1, -0.05) is 24.3 Å². The van der Waals surface area contributed by atoms with E-state index in [2.05, 4.69) is 5.32 Å². The van der Waals surface area contributed by atoms with Crippen LogP contribution in [0.1, 0.15) is 34.6 Å². The van der Waals surface area contributed by atoms with Crippen LogP contribution in [-0.4, -0.2) is 23.7 Å². The maximum Gasteiger partial charge on any atom is 0.265 e. The number of primary amides is 1. The minimum absolute atomic E-state index is 0.0919. The SMILES string of the molecule is CC(=O)c1cccc(NC(=O)[C@H](C)Oc2ccccc2C(N)=O)c1. The monoisotopic (exact) mass is 326 g/mol. The van der Waals surface area contributed by atoms with Crippen LogP contribution >= 0.6 is 0 Å². The van der Waals surface area contributed by atoms with Crippen LogP contribution in [0.2, 0.25) is 0 Å². The Balaban J connectivity index is 2.09. The molecule has 6 heteroatoms. The van der Waals surface area contributed by atoms with Crippen molar-refractivity contribution in [2.45, 2.75) is 20.0 Å². The van der Waals surface area contributed by atoms with E-state index in [4.69, 9.17) is 10.5 Å². The van der Waals surface area contributed by atoms with E-state index in [0.29, 0.717) is 11.3 Å². The number of ether oxygens (including phenoxy) is 1. The number of para-hydroxylation sites is 1. The third-order valence-corrected chi connectivity index (χ3v) is 3.36. The van der Waals surface area contributed by atoms with Crippen molar-refractivity contribution in [2.24, 2.45) is 5.73 Å². The predicted molar refractivity (Wildman–Crippen MR) is 90.1 cm³/mol. The Labute approximate surface area is 139 Å². The Morgan fingerprint density at radius 2 is 1.79 bits per heavy atom. The molecule has 0 unspecified atom stereocenters. The number of rotatable bonds is 6. The van der Waals surface area contributed by atoms with Gasteiger partial charge in [-0.15, -0.1) is 0 Å². The molecule has 0 heterocycles. The normalized spacial score (nSPS) is 11.4. The zero-order valence-electron chi connectivity index (χ0n) is 13.4. The van der Waals surface area contributed by atoms with Crippen molar-refractivity contribution in [1.82, 2.24) is 0 Å². The highest BCUT2D eigenvalue weighted by Gasteiger charge is 2.18. The number of hydrogen-bond donors (Lipinski definition) is 2. The summed E-state index contributed by atoms with van der Waals surface area (Å²) in [7, 11) is 0. The lowest BCUT2D eigenvalue weighted by atomic mass is 10.1. The first-order valence-electron chi connectivity index (χ1n) is 7.36. The molecule has 0 aliphatic heterocycles. The minimum atomic E-state index is -0.855. The molecule has 2 rings (SSSR count). The number of carbonyl (C=O) groups is 3. The van der Waals surface area contributed by atoms with Gasteiger partial charge < -0.3 is 15.8 Å². The number of Topliss-reactive ketones (excluding diaryl/α,β-unsaturated/α-hetero) is 1. The molecule has 0 fully saturated rings. The van der Waals surface area contributed by atoms with Gasteiger partial charge in [-0.05, 0) is 38.1 Å². The topological polar surface area (TPSA) is 98.5 Å². The lowest BCUT2D eigenvalue weighted by molar-refractivity contribution is -0.122. The van der Waals surface area contributed by atoms with Crippen molar-refractivity contribution in [2.75, 3.05) is 5.32 Å². The average molecular weight is 326 g/mol. The summed E-state index contributed by atoms with van der Waals surface area (Å²) >= 11 is 0. The van der Waals surface area contributed by atoms with Gasteiger partial charge in [-0.2, -0.15) is 0 Å². The Hall–Kier alpha value is -3.15. The highest BCUT2D eigenvalue weighted by atomic mass is 16.5. The molecule has 124 valence electrons. The summed E-state index contributed by atoms with van der Waals surface area (Å²) in [6.07, 6.45) is -0.855. The third kappa shape index (κ3) is 4.19. The van der Waals surface area contributed by atoms with E-state index in [9.17, 15) is 14.4 Å². The number of nitrogens with two attached hydrogens (primary N) is 1. The fraction of sp³-hybridized carbons (Fsp3) is 0.167. The lowest BCUT2D eigenvalue weighted by Crippen LogP contribution is -2.31. The van der Waals surface area contributed by atoms with Gasteiger partial charge in [0.1, 0.15) is 5.75 Å². The summed E-state index contributed by atoms with van der Waals surface area (Å²) in [6, 6.07) is 13.0. The summed E-state index contributed by atoms with van der Waals surface area (Å²) < 4.78 is 5.54. The molecule has 0 aromatic heterocycles. The lowest BCUT2D eigenvalue weighted by Gasteiger charge is -2.16. The Morgan fingerprint density at radius 1 is 1.08 bits per heavy atom. The molecule has 2 aromatic carbocycles. The van der Waals surface area contributed by atoms with Gasteiger partial charge in [0.05, 0.1) is 5.56 Å². The smallest absolute Gasteiger partial charge is 0.265 e. The third-order valence-electron chi connectivity index (χ3n) is 3.36. The highest BCUT2D eigenvalue weighted by Crippen LogP contribution is 2.19. The number of ketones is 1. The van der Waals surface area contributed by atoms with Crippen LogP contribution in [0.5, 0.6) is 5.75 Å². The van der Waals surface area contributed by atoms with Crippen LogP contribution < -0.4 is 15.8 Å². The van der Waals surface area contributed by atoms with Gasteiger partial charge in [-0.3, -0.25) is 14.4 Å². The van der Waals surface area contributed by atoms with Crippen LogP contribution in [0.4, 0.5) is 5.69 Å². The number of benzene rings is 2. The molecule has 2 aromatic rings. The molecule has 0 bridgehead atoms. The van der Waals surface area contributed by atoms with Crippen molar-refractivity contribution in [1.29, 1.82) is 0 Å². The van der Waals surface area contributed by atoms with Gasteiger partial charge in [-0.25, -0.2) is 0 Å². The predicted octanol–water partition coefficient (Wildman–Crippen LogP) is 2.39. The van der Waals surface area contributed by atoms with E-state index in [1.165, 1.54) is 13.0 Å². The molecule has 24 heavy (non-hydrogen) atoms. The highest BCUT2D eigenvalue weighted by molar-refractivity contribution is 5.98. The molecular weight excluding hydrogens is 308 g/mol. The van der Waals surface area contributed by atoms with Gasteiger partial charge >= 0.3 is 0 Å². The molecule has 0 aliphatic rings. The molecule has 0 aliphatic carbocycles. The molecule has 0 radical (unpaired) electrons. The zero-order valence-corrected chi connectivity index (χ0v) is 13.4. The van der Waals surface area contributed by atoms with Crippen molar-refractivity contribution < 1.29 is 19.1 Å². The van der Waals surface area contributed by atoms with Crippen molar-refractivity contribution in [3.63, 3.8) is 0 Å². The van der Waals surface area contributed by atoms with Crippen LogP contribution in [0.15, 0.2) is 48.5 Å². The molecule has 1 atom stereocenters. The van der Waals surface area contributed by atoms with E-state index >= 15 is 0 Å². The molecule has 0 spiro atoms. The first-order chi connectivity index (χ1) is 11.4. The largest absolute Gasteiger partial charge is 0.480 e. The second kappa shape index (κ2) is 7.41. The Morgan fingerprint density at radius 3 is 2.46 bits per heavy atom. The molecule has 3 N–H and O–H groups in total. The van der Waals surface area contributed by atoms with Crippen LogP contribution in [0, 0.1) is 0 Å². The van der Waals surface area contributed by atoms with E-state index in [1.807, 2.05) is 0 Å². The van der Waals surface area contributed by atoms with E-state index in [1.54, 1.807) is 49.4 Å². The van der Waals surface area contributed by atoms with Gasteiger partial charge in [0.15, 0.2) is 11.9 Å². The second-order valence-electron chi connectivity index (χ2n) is 5.25. The van der Waals surface area contributed by atoms with Gasteiger partial charge in [0.2, 0.25) is 0 Å². The fourth-order valence-corrected chi connectivity index (χ4v) is 2.08. The minimum Gasteiger partial charge on any atom is -0.480 e. The quantitative estimate of drug-likeness (QED) is 0.796. The molecule has 0 saturated carbocycles. The maximum absolute atomic E-state index is 12.2. The molecule has 0 saturated heterocycles. The molecule has 6 nitrogen and oxygen atoms in total. The number of carbonyl (C=O) groups excluding carboxylic acids is 3. The van der Waals surface area contributed by atoms with Crippen LogP contribution in [0.3, 0.4) is 0 Å². The summed E-state index contributed by atoms with van der Waals surface area (Å²) in [5.41, 5.74) is 6.48. The number of hydrogen-bond acceptors (Lipinski definition) is 4. The fourth-order valence-electron chi connectivity index (χ4n) is 2.08. The first-order valence-corrected chi connectivity index (χ1v) is 7.36. The van der Waals surface area contributed by atoms with Crippen molar-refractivity contribution >= 4 is 23.3 Å². The van der Waals surface area contributed by atoms with Crippen molar-refractivity contribution in [3.8, 4) is 5.75 Å². The summed E-state index contributed by atoms with van der Waals surface area (Å²) in [5.74, 6) is -0.890. The van der Waals surface area contributed by atoms with Crippen LogP contribution in [0.25, 0.3) is 0 Å².